The van der Waals surface area contributed by atoms with E-state index >= 15 is 0 Å². The summed E-state index contributed by atoms with van der Waals surface area (Å²) in [6, 6.07) is 4.21. The van der Waals surface area contributed by atoms with Gasteiger partial charge in [0.05, 0.1) is 6.61 Å². The van der Waals surface area contributed by atoms with Crippen LogP contribution in [-0.4, -0.2) is 32.3 Å². The molecule has 0 bridgehead atoms. The lowest BCUT2D eigenvalue weighted by Gasteiger charge is -2.15. The first-order chi connectivity index (χ1) is 11.2. The first-order valence-corrected chi connectivity index (χ1v) is 8.57. The second-order valence-electron chi connectivity index (χ2n) is 5.84. The van der Waals surface area contributed by atoms with Crippen LogP contribution in [0.3, 0.4) is 0 Å². The number of nitrogens with one attached hydrogen (secondary N) is 2. The fourth-order valence-corrected chi connectivity index (χ4v) is 2.69. The van der Waals surface area contributed by atoms with Crippen LogP contribution in [0.4, 0.5) is 0 Å². The molecule has 1 aliphatic rings. The Morgan fingerprint density at radius 1 is 1.35 bits per heavy atom. The topological polar surface area (TPSA) is 54.9 Å². The molecule has 0 aliphatic carbocycles. The van der Waals surface area contributed by atoms with Crippen molar-refractivity contribution in [3.05, 3.63) is 23.3 Å². The van der Waals surface area contributed by atoms with Crippen LogP contribution in [0, 0.1) is 0 Å². The zero-order valence-electron chi connectivity index (χ0n) is 14.7. The molecule has 0 saturated heterocycles. The molecule has 0 radical (unpaired) electrons. The molecule has 0 saturated carbocycles. The molecule has 1 unspecified atom stereocenters. The maximum absolute atomic E-state index is 5.86. The van der Waals surface area contributed by atoms with E-state index in [0.717, 1.165) is 42.4 Å². The molecule has 1 aromatic rings. The lowest BCUT2D eigenvalue weighted by molar-refractivity contribution is 0.254. The Morgan fingerprint density at radius 2 is 2.17 bits per heavy atom. The minimum absolute atomic E-state index is 0.242. The Kier molecular flexibility index (Phi) is 6.56. The molecule has 2 rings (SSSR count). The number of unbranched alkanes of at least 4 members (excludes halogenated alkanes) is 1. The van der Waals surface area contributed by atoms with E-state index in [4.69, 9.17) is 9.47 Å². The molecule has 1 atom stereocenters. The van der Waals surface area contributed by atoms with Crippen molar-refractivity contribution < 1.29 is 9.47 Å². The molecule has 0 fully saturated rings. The van der Waals surface area contributed by atoms with Crippen molar-refractivity contribution in [1.82, 2.24) is 10.6 Å². The smallest absolute Gasteiger partial charge is 0.191 e. The molecule has 23 heavy (non-hydrogen) atoms. The van der Waals surface area contributed by atoms with Gasteiger partial charge in [0.15, 0.2) is 5.96 Å². The van der Waals surface area contributed by atoms with E-state index in [9.17, 15) is 0 Å². The summed E-state index contributed by atoms with van der Waals surface area (Å²) in [4.78, 5) is 4.26. The molecule has 1 heterocycles. The number of hydrogen-bond acceptors (Lipinski definition) is 3. The normalized spacial score (nSPS) is 16.7. The number of aliphatic imine (C=N–C) groups is 1. The van der Waals surface area contributed by atoms with Gasteiger partial charge in [0, 0.05) is 37.7 Å². The van der Waals surface area contributed by atoms with Gasteiger partial charge in [0.2, 0.25) is 0 Å². The van der Waals surface area contributed by atoms with Crippen LogP contribution >= 0.6 is 0 Å². The van der Waals surface area contributed by atoms with Gasteiger partial charge in [0.25, 0.3) is 0 Å². The number of benzene rings is 1. The largest absolute Gasteiger partial charge is 0.494 e. The highest BCUT2D eigenvalue weighted by Crippen LogP contribution is 2.35. The van der Waals surface area contributed by atoms with E-state index in [-0.39, 0.29) is 6.10 Å². The molecule has 2 N–H and O–H groups in total. The standard InChI is InChI=1S/C18H29N3O2/c1-5-7-8-20-18(19-4)21-12-15-11-17-14(9-13(3)23-17)10-16(15)22-6-2/h10-11,13H,5-9,12H2,1-4H3,(H2,19,20,21). The average molecular weight is 319 g/mol. The van der Waals surface area contributed by atoms with Gasteiger partial charge >= 0.3 is 0 Å². The molecule has 0 aromatic heterocycles. The maximum atomic E-state index is 5.86. The molecule has 0 amide bonds. The molecular formula is C18H29N3O2. The van der Waals surface area contributed by atoms with E-state index in [1.54, 1.807) is 7.05 Å². The number of fused-ring (bicyclic) bond motifs is 1. The molecule has 0 spiro atoms. The van der Waals surface area contributed by atoms with Gasteiger partial charge < -0.3 is 20.1 Å². The van der Waals surface area contributed by atoms with Crippen molar-refractivity contribution in [3.8, 4) is 11.5 Å². The number of guanidine groups is 1. The Labute approximate surface area is 139 Å². The van der Waals surface area contributed by atoms with Crippen LogP contribution in [0.5, 0.6) is 11.5 Å². The van der Waals surface area contributed by atoms with Gasteiger partial charge in [-0.2, -0.15) is 0 Å². The summed E-state index contributed by atoms with van der Waals surface area (Å²) < 4.78 is 11.7. The summed E-state index contributed by atoms with van der Waals surface area (Å²) >= 11 is 0. The second-order valence-corrected chi connectivity index (χ2v) is 5.84. The van der Waals surface area contributed by atoms with Gasteiger partial charge in [-0.3, -0.25) is 4.99 Å². The van der Waals surface area contributed by atoms with Crippen LogP contribution in [0.1, 0.15) is 44.7 Å². The lowest BCUT2D eigenvalue weighted by atomic mass is 10.1. The van der Waals surface area contributed by atoms with Crippen molar-refractivity contribution in [1.29, 1.82) is 0 Å². The fraction of sp³-hybridized carbons (Fsp3) is 0.611. The SMILES string of the molecule is CCCCNC(=NC)NCc1cc2c(cc1OCC)CC(C)O2. The zero-order chi connectivity index (χ0) is 16.7. The quantitative estimate of drug-likeness (QED) is 0.461. The highest BCUT2D eigenvalue weighted by Gasteiger charge is 2.21. The second kappa shape index (κ2) is 8.65. The van der Waals surface area contributed by atoms with Crippen molar-refractivity contribution in [3.63, 3.8) is 0 Å². The molecule has 5 nitrogen and oxygen atoms in total. The van der Waals surface area contributed by atoms with E-state index < -0.39 is 0 Å². The molecule has 1 aromatic carbocycles. The van der Waals surface area contributed by atoms with E-state index in [1.807, 2.05) is 6.92 Å². The summed E-state index contributed by atoms with van der Waals surface area (Å²) in [5, 5.41) is 6.67. The number of rotatable bonds is 7. The molecule has 128 valence electrons. The molecule has 5 heteroatoms. The predicted molar refractivity (Wildman–Crippen MR) is 94.5 cm³/mol. The third kappa shape index (κ3) is 4.78. The molecular weight excluding hydrogens is 290 g/mol. The van der Waals surface area contributed by atoms with Crippen LogP contribution in [0.15, 0.2) is 17.1 Å². The number of nitrogens with zero attached hydrogens (tertiary/aromatic N) is 1. The van der Waals surface area contributed by atoms with Gasteiger partial charge in [-0.25, -0.2) is 0 Å². The Hall–Kier alpha value is -1.91. The Morgan fingerprint density at radius 3 is 2.87 bits per heavy atom. The Bertz CT molecular complexity index is 543. The van der Waals surface area contributed by atoms with E-state index in [1.165, 1.54) is 12.0 Å². The molecule has 1 aliphatic heterocycles. The first kappa shape index (κ1) is 17.4. The summed E-state index contributed by atoms with van der Waals surface area (Å²) in [6.45, 7) is 8.53. The number of ether oxygens (including phenoxy) is 2. The third-order valence-corrected chi connectivity index (χ3v) is 3.87. The predicted octanol–water partition coefficient (Wildman–Crippen LogP) is 2.87. The van der Waals surface area contributed by atoms with Gasteiger partial charge in [0.1, 0.15) is 17.6 Å². The number of hydrogen-bond donors (Lipinski definition) is 2. The minimum Gasteiger partial charge on any atom is -0.494 e. The highest BCUT2D eigenvalue weighted by molar-refractivity contribution is 5.79. The van der Waals surface area contributed by atoms with Gasteiger partial charge in [-0.1, -0.05) is 13.3 Å². The van der Waals surface area contributed by atoms with Crippen molar-refractivity contribution in [2.45, 2.75) is 52.7 Å². The maximum Gasteiger partial charge on any atom is 0.191 e. The van der Waals surface area contributed by atoms with E-state index in [0.29, 0.717) is 13.2 Å². The van der Waals surface area contributed by atoms with Crippen molar-refractivity contribution in [2.24, 2.45) is 4.99 Å². The van der Waals surface area contributed by atoms with Crippen LogP contribution in [0.25, 0.3) is 0 Å². The summed E-state index contributed by atoms with van der Waals surface area (Å²) in [7, 11) is 1.79. The summed E-state index contributed by atoms with van der Waals surface area (Å²) in [5.74, 6) is 2.72. The average Bonchev–Trinajstić information content (AvgIpc) is 2.90. The fourth-order valence-electron chi connectivity index (χ4n) is 2.69. The third-order valence-electron chi connectivity index (χ3n) is 3.87. The Balaban J connectivity index is 2.05. The summed E-state index contributed by atoms with van der Waals surface area (Å²) in [6.07, 6.45) is 3.49. The van der Waals surface area contributed by atoms with Gasteiger partial charge in [-0.05, 0) is 32.4 Å². The first-order valence-electron chi connectivity index (χ1n) is 8.57. The van der Waals surface area contributed by atoms with Crippen molar-refractivity contribution in [2.75, 3.05) is 20.2 Å². The van der Waals surface area contributed by atoms with Crippen LogP contribution in [0.2, 0.25) is 0 Å². The van der Waals surface area contributed by atoms with E-state index in [2.05, 4.69) is 41.6 Å². The van der Waals surface area contributed by atoms with Crippen molar-refractivity contribution >= 4 is 5.96 Å². The lowest BCUT2D eigenvalue weighted by Crippen LogP contribution is -2.37. The highest BCUT2D eigenvalue weighted by atomic mass is 16.5. The van der Waals surface area contributed by atoms with Crippen LogP contribution < -0.4 is 20.1 Å². The zero-order valence-corrected chi connectivity index (χ0v) is 14.7. The summed E-state index contributed by atoms with van der Waals surface area (Å²) in [5.41, 5.74) is 2.33. The minimum atomic E-state index is 0.242. The van der Waals surface area contributed by atoms with Crippen LogP contribution in [-0.2, 0) is 13.0 Å². The van der Waals surface area contributed by atoms with Gasteiger partial charge in [-0.15, -0.1) is 0 Å². The monoisotopic (exact) mass is 319 g/mol.